The fraction of sp³-hybridized carbons (Fsp3) is 0.370. The van der Waals surface area contributed by atoms with Crippen LogP contribution < -0.4 is 10.1 Å². The first-order chi connectivity index (χ1) is 18.0. The fourth-order valence-electron chi connectivity index (χ4n) is 4.76. The lowest BCUT2D eigenvalue weighted by Crippen LogP contribution is -2.41. The molecular formula is C27H27N5O4S. The molecule has 2 amide bonds. The third-order valence-electron chi connectivity index (χ3n) is 6.74. The minimum Gasteiger partial charge on any atom is -0.496 e. The molecule has 0 bridgehead atoms. The summed E-state index contributed by atoms with van der Waals surface area (Å²) in [5, 5.41) is 12.8. The molecule has 2 aliphatic rings. The van der Waals surface area contributed by atoms with E-state index in [1.54, 1.807) is 31.4 Å². The fourth-order valence-corrected chi connectivity index (χ4v) is 5.77. The molecule has 37 heavy (non-hydrogen) atoms. The Labute approximate surface area is 219 Å². The van der Waals surface area contributed by atoms with Crippen LogP contribution in [0.25, 0.3) is 11.1 Å². The smallest absolute Gasteiger partial charge is 0.259 e. The summed E-state index contributed by atoms with van der Waals surface area (Å²) in [6.45, 7) is 4.24. The number of carbonyl (C=O) groups is 2. The first-order valence-corrected chi connectivity index (χ1v) is 13.0. The lowest BCUT2D eigenvalue weighted by atomic mass is 9.97. The molecule has 0 spiro atoms. The maximum absolute atomic E-state index is 13.4. The zero-order valence-corrected chi connectivity index (χ0v) is 21.6. The lowest BCUT2D eigenvalue weighted by Gasteiger charge is -2.31. The van der Waals surface area contributed by atoms with Gasteiger partial charge in [0, 0.05) is 60.0 Å². The number of hydrogen-bond acceptors (Lipinski definition) is 8. The van der Waals surface area contributed by atoms with E-state index in [1.165, 1.54) is 17.5 Å². The Kier molecular flexibility index (Phi) is 7.17. The molecule has 2 aromatic heterocycles. The molecule has 190 valence electrons. The monoisotopic (exact) mass is 517 g/mol. The van der Waals surface area contributed by atoms with Gasteiger partial charge in [0.25, 0.3) is 5.91 Å². The Morgan fingerprint density at radius 1 is 1.24 bits per heavy atom. The van der Waals surface area contributed by atoms with E-state index in [2.05, 4.69) is 21.4 Å². The molecule has 0 saturated carbocycles. The van der Waals surface area contributed by atoms with E-state index in [0.29, 0.717) is 65.9 Å². The predicted molar refractivity (Wildman–Crippen MR) is 138 cm³/mol. The summed E-state index contributed by atoms with van der Waals surface area (Å²) >= 11 is 1.39. The van der Waals surface area contributed by atoms with Crippen LogP contribution in [0.1, 0.15) is 45.0 Å². The summed E-state index contributed by atoms with van der Waals surface area (Å²) in [7, 11) is 1.55. The van der Waals surface area contributed by atoms with Crippen molar-refractivity contribution in [1.29, 1.82) is 5.26 Å². The van der Waals surface area contributed by atoms with E-state index < -0.39 is 0 Å². The minimum atomic E-state index is -0.354. The number of nitrogens with zero attached hydrogens (tertiary/aromatic N) is 4. The number of pyridine rings is 1. The van der Waals surface area contributed by atoms with Crippen molar-refractivity contribution in [1.82, 2.24) is 14.9 Å². The SMILES string of the molecule is COc1ccc(C#N)cc1-c1cc(C)ncc1C(=O)Nc1nc2c(s1)CN(C(=O)C1CCOCC1)CC2. The van der Waals surface area contributed by atoms with Crippen molar-refractivity contribution in [2.75, 3.05) is 32.2 Å². The van der Waals surface area contributed by atoms with E-state index in [1.807, 2.05) is 11.8 Å². The van der Waals surface area contributed by atoms with E-state index in [0.717, 1.165) is 29.1 Å². The number of benzene rings is 1. The van der Waals surface area contributed by atoms with Crippen molar-refractivity contribution in [3.8, 4) is 22.9 Å². The van der Waals surface area contributed by atoms with Crippen molar-refractivity contribution in [2.24, 2.45) is 5.92 Å². The van der Waals surface area contributed by atoms with Crippen molar-refractivity contribution in [3.63, 3.8) is 0 Å². The molecule has 5 rings (SSSR count). The molecule has 1 N–H and O–H groups in total. The Bertz CT molecular complexity index is 1390. The number of amides is 2. The highest BCUT2D eigenvalue weighted by molar-refractivity contribution is 7.15. The second kappa shape index (κ2) is 10.7. The largest absolute Gasteiger partial charge is 0.496 e. The average molecular weight is 518 g/mol. The van der Waals surface area contributed by atoms with Crippen LogP contribution in [-0.2, 0) is 22.5 Å². The van der Waals surface area contributed by atoms with Crippen LogP contribution in [-0.4, -0.2) is 53.6 Å². The second-order valence-corrected chi connectivity index (χ2v) is 10.2. The van der Waals surface area contributed by atoms with E-state index in [9.17, 15) is 14.9 Å². The number of fused-ring (bicyclic) bond motifs is 1. The second-order valence-electron chi connectivity index (χ2n) is 9.14. The molecule has 4 heterocycles. The van der Waals surface area contributed by atoms with Gasteiger partial charge in [0.1, 0.15) is 5.75 Å². The molecule has 0 atom stereocenters. The maximum Gasteiger partial charge on any atom is 0.259 e. The highest BCUT2D eigenvalue weighted by atomic mass is 32.1. The molecule has 0 radical (unpaired) electrons. The van der Waals surface area contributed by atoms with E-state index in [4.69, 9.17) is 9.47 Å². The van der Waals surface area contributed by atoms with Gasteiger partial charge in [-0.1, -0.05) is 11.3 Å². The molecule has 1 saturated heterocycles. The topological polar surface area (TPSA) is 117 Å². The Morgan fingerprint density at radius 2 is 2.05 bits per heavy atom. The Morgan fingerprint density at radius 3 is 2.81 bits per heavy atom. The van der Waals surface area contributed by atoms with Crippen molar-refractivity contribution in [2.45, 2.75) is 32.7 Å². The number of carbonyl (C=O) groups excluding carboxylic acids is 2. The highest BCUT2D eigenvalue weighted by Crippen LogP contribution is 2.35. The Balaban J connectivity index is 1.37. The van der Waals surface area contributed by atoms with Crippen LogP contribution in [0.3, 0.4) is 0 Å². The highest BCUT2D eigenvalue weighted by Gasteiger charge is 2.30. The predicted octanol–water partition coefficient (Wildman–Crippen LogP) is 3.96. The molecule has 1 fully saturated rings. The number of nitrogens with one attached hydrogen (secondary N) is 1. The normalized spacial score (nSPS) is 15.5. The van der Waals surface area contributed by atoms with E-state index >= 15 is 0 Å². The van der Waals surface area contributed by atoms with Crippen LogP contribution in [0.4, 0.5) is 5.13 Å². The molecule has 2 aliphatic heterocycles. The number of aromatic nitrogens is 2. The van der Waals surface area contributed by atoms with Crippen LogP contribution in [0, 0.1) is 24.2 Å². The molecule has 1 aromatic carbocycles. The first-order valence-electron chi connectivity index (χ1n) is 12.2. The molecule has 0 aliphatic carbocycles. The summed E-state index contributed by atoms with van der Waals surface area (Å²) in [6.07, 6.45) is 3.72. The van der Waals surface area contributed by atoms with Crippen molar-refractivity contribution < 1.29 is 19.1 Å². The number of methoxy groups -OCH3 is 1. The summed E-state index contributed by atoms with van der Waals surface area (Å²) in [6, 6.07) is 9.04. The zero-order chi connectivity index (χ0) is 25.9. The minimum absolute atomic E-state index is 0.0198. The molecule has 0 unspecified atom stereocenters. The molecule has 3 aromatic rings. The standard InChI is InChI=1S/C27H27N5O4S/c1-16-11-19(20-12-17(13-28)3-4-23(20)35-2)21(14-29-16)25(33)31-27-30-22-5-8-32(15-24(22)37-27)26(34)18-6-9-36-10-7-18/h3-4,11-12,14,18H,5-10,15H2,1-2H3,(H,30,31,33). The summed E-state index contributed by atoms with van der Waals surface area (Å²) in [5.41, 5.74) is 3.72. The van der Waals surface area contributed by atoms with Gasteiger partial charge < -0.3 is 14.4 Å². The third-order valence-corrected chi connectivity index (χ3v) is 7.74. The third kappa shape index (κ3) is 5.19. The lowest BCUT2D eigenvalue weighted by molar-refractivity contribution is -0.139. The number of thiazole rings is 1. The molecule has 9 nitrogen and oxygen atoms in total. The maximum atomic E-state index is 13.4. The number of hydrogen-bond donors (Lipinski definition) is 1. The number of aryl methyl sites for hydroxylation is 1. The first kappa shape index (κ1) is 24.9. The van der Waals surface area contributed by atoms with Crippen molar-refractivity contribution in [3.05, 3.63) is 57.9 Å². The summed E-state index contributed by atoms with van der Waals surface area (Å²) in [5.74, 6) is 0.397. The molecular weight excluding hydrogens is 490 g/mol. The van der Waals surface area contributed by atoms with Gasteiger partial charge in [-0.2, -0.15) is 5.26 Å². The summed E-state index contributed by atoms with van der Waals surface area (Å²) in [4.78, 5) is 38.2. The quantitative estimate of drug-likeness (QED) is 0.544. The van der Waals surface area contributed by atoms with Gasteiger partial charge in [-0.05, 0) is 44.0 Å². The van der Waals surface area contributed by atoms with Crippen LogP contribution in [0.5, 0.6) is 5.75 Å². The number of rotatable bonds is 5. The van der Waals surface area contributed by atoms with Gasteiger partial charge in [0.05, 0.1) is 36.5 Å². The zero-order valence-electron chi connectivity index (χ0n) is 20.7. The number of anilines is 1. The molecule has 10 heteroatoms. The van der Waals surface area contributed by atoms with Crippen molar-refractivity contribution >= 4 is 28.3 Å². The van der Waals surface area contributed by atoms with Gasteiger partial charge in [0.15, 0.2) is 5.13 Å². The van der Waals surface area contributed by atoms with Crippen LogP contribution in [0.15, 0.2) is 30.5 Å². The van der Waals surface area contributed by atoms with Gasteiger partial charge >= 0.3 is 0 Å². The number of nitriles is 1. The number of ether oxygens (including phenoxy) is 2. The van der Waals surface area contributed by atoms with Gasteiger partial charge in [-0.25, -0.2) is 4.98 Å². The van der Waals surface area contributed by atoms with E-state index in [-0.39, 0.29) is 17.7 Å². The average Bonchev–Trinajstić information content (AvgIpc) is 3.34. The van der Waals surface area contributed by atoms with Crippen LogP contribution >= 0.6 is 11.3 Å². The van der Waals surface area contributed by atoms with Gasteiger partial charge in [-0.15, -0.1) is 0 Å². The Hall–Kier alpha value is -3.81. The summed E-state index contributed by atoms with van der Waals surface area (Å²) < 4.78 is 10.9. The van der Waals surface area contributed by atoms with Gasteiger partial charge in [-0.3, -0.25) is 19.9 Å². The van der Waals surface area contributed by atoms with Crippen LogP contribution in [0.2, 0.25) is 0 Å². The van der Waals surface area contributed by atoms with Gasteiger partial charge in [0.2, 0.25) is 5.91 Å².